The number of rotatable bonds is 5. The molecule has 0 unspecified atom stereocenters. The summed E-state index contributed by atoms with van der Waals surface area (Å²) >= 11 is 0. The fourth-order valence-electron chi connectivity index (χ4n) is 4.93. The Morgan fingerprint density at radius 3 is 2.78 bits per heavy atom. The quantitative estimate of drug-likeness (QED) is 0.354. The van der Waals surface area contributed by atoms with Gasteiger partial charge in [0, 0.05) is 36.1 Å². The van der Waals surface area contributed by atoms with Gasteiger partial charge in [-0.1, -0.05) is 6.07 Å². The van der Waals surface area contributed by atoms with E-state index in [1.807, 2.05) is 0 Å². The molecule has 1 saturated heterocycles. The molecule has 4 aromatic rings. The van der Waals surface area contributed by atoms with E-state index in [0.29, 0.717) is 41.7 Å². The first-order valence-electron chi connectivity index (χ1n) is 12.2. The van der Waals surface area contributed by atoms with E-state index in [4.69, 9.17) is 14.9 Å². The van der Waals surface area contributed by atoms with E-state index in [2.05, 4.69) is 15.6 Å². The number of aryl methyl sites for hydroxylation is 1. The van der Waals surface area contributed by atoms with Gasteiger partial charge in [-0.05, 0) is 43.0 Å². The third kappa shape index (κ3) is 4.04. The fraction of sp³-hybridized carbons (Fsp3) is 0.346. The number of morpholine rings is 1. The lowest BCUT2D eigenvalue weighted by atomic mass is 9.96. The SMILES string of the molecule is Cc1c(-c2cc(F)c(N)cc2F)ccc2c3oc(CNC(=O)[C@H]4CNCCO4)nc3c(=O)n(C3CC3)c12. The summed E-state index contributed by atoms with van der Waals surface area (Å²) < 4.78 is 42.1. The first-order chi connectivity index (χ1) is 17.8. The van der Waals surface area contributed by atoms with Gasteiger partial charge < -0.3 is 30.1 Å². The molecule has 0 bridgehead atoms. The minimum absolute atomic E-state index is 0.00920. The van der Waals surface area contributed by atoms with E-state index in [9.17, 15) is 18.4 Å². The predicted octanol–water partition coefficient (Wildman–Crippen LogP) is 2.92. The molecule has 9 nitrogen and oxygen atoms in total. The number of hydrogen-bond donors (Lipinski definition) is 3. The number of benzene rings is 2. The number of halogens is 2. The number of fused-ring (bicyclic) bond motifs is 3. The topological polar surface area (TPSA) is 124 Å². The van der Waals surface area contributed by atoms with Crippen LogP contribution in [0.15, 0.2) is 33.5 Å². The van der Waals surface area contributed by atoms with E-state index in [0.717, 1.165) is 25.0 Å². The highest BCUT2D eigenvalue weighted by molar-refractivity contribution is 6.04. The number of carbonyl (C=O) groups is 1. The van der Waals surface area contributed by atoms with E-state index < -0.39 is 17.7 Å². The number of ether oxygens (including phenoxy) is 1. The van der Waals surface area contributed by atoms with Crippen LogP contribution in [0.3, 0.4) is 0 Å². The first kappa shape index (κ1) is 23.6. The van der Waals surface area contributed by atoms with Gasteiger partial charge in [-0.25, -0.2) is 13.8 Å². The van der Waals surface area contributed by atoms with Crippen molar-refractivity contribution in [1.29, 1.82) is 0 Å². The summed E-state index contributed by atoms with van der Waals surface area (Å²) in [5.74, 6) is -1.49. The van der Waals surface area contributed by atoms with Crippen LogP contribution in [0.4, 0.5) is 14.5 Å². The minimum atomic E-state index is -0.720. The molecule has 1 aliphatic heterocycles. The highest BCUT2D eigenvalue weighted by atomic mass is 19.1. The number of amides is 1. The second kappa shape index (κ2) is 8.93. The number of hydrogen-bond acceptors (Lipinski definition) is 7. The van der Waals surface area contributed by atoms with Gasteiger partial charge in [0.2, 0.25) is 5.89 Å². The number of pyridine rings is 1. The molecule has 1 aliphatic carbocycles. The Morgan fingerprint density at radius 1 is 1.24 bits per heavy atom. The maximum atomic E-state index is 14.8. The Morgan fingerprint density at radius 2 is 2.05 bits per heavy atom. The molecule has 0 spiro atoms. The molecule has 192 valence electrons. The van der Waals surface area contributed by atoms with Crippen LogP contribution in [0, 0.1) is 18.6 Å². The minimum Gasteiger partial charge on any atom is -0.438 e. The van der Waals surface area contributed by atoms with Crippen LogP contribution >= 0.6 is 0 Å². The molecule has 1 atom stereocenters. The number of nitrogens with one attached hydrogen (secondary N) is 2. The number of carbonyl (C=O) groups excluding carboxylic acids is 1. The van der Waals surface area contributed by atoms with Crippen LogP contribution in [0.2, 0.25) is 0 Å². The maximum Gasteiger partial charge on any atom is 0.281 e. The van der Waals surface area contributed by atoms with Crippen molar-refractivity contribution in [1.82, 2.24) is 20.2 Å². The summed E-state index contributed by atoms with van der Waals surface area (Å²) in [7, 11) is 0. The van der Waals surface area contributed by atoms with Gasteiger partial charge in [-0.3, -0.25) is 9.59 Å². The molecule has 2 aromatic heterocycles. The molecule has 3 heterocycles. The number of aromatic nitrogens is 2. The van der Waals surface area contributed by atoms with Gasteiger partial charge >= 0.3 is 0 Å². The van der Waals surface area contributed by atoms with Crippen molar-refractivity contribution in [2.75, 3.05) is 25.4 Å². The Kier molecular flexibility index (Phi) is 5.68. The van der Waals surface area contributed by atoms with Crippen LogP contribution in [0.5, 0.6) is 0 Å². The molecule has 11 heteroatoms. The lowest BCUT2D eigenvalue weighted by Gasteiger charge is -2.22. The molecule has 37 heavy (non-hydrogen) atoms. The van der Waals surface area contributed by atoms with Gasteiger partial charge in [0.15, 0.2) is 11.1 Å². The van der Waals surface area contributed by atoms with Crippen molar-refractivity contribution in [2.24, 2.45) is 0 Å². The molecule has 2 aromatic carbocycles. The van der Waals surface area contributed by atoms with Crippen LogP contribution in [0.1, 0.15) is 30.3 Å². The second-order valence-corrected chi connectivity index (χ2v) is 9.46. The zero-order chi connectivity index (χ0) is 25.8. The van der Waals surface area contributed by atoms with E-state index in [1.165, 1.54) is 0 Å². The number of nitrogen functional groups attached to an aromatic ring is 1. The normalized spacial score (nSPS) is 18.0. The molecule has 2 aliphatic rings. The highest BCUT2D eigenvalue weighted by Gasteiger charge is 2.31. The van der Waals surface area contributed by atoms with Crippen molar-refractivity contribution in [3.8, 4) is 11.1 Å². The molecule has 6 rings (SSSR count). The van der Waals surface area contributed by atoms with E-state index in [-0.39, 0.29) is 52.3 Å². The Bertz CT molecular complexity index is 1620. The summed E-state index contributed by atoms with van der Waals surface area (Å²) in [6, 6.07) is 5.40. The third-order valence-corrected chi connectivity index (χ3v) is 6.93. The number of oxazole rings is 1. The summed E-state index contributed by atoms with van der Waals surface area (Å²) in [6.45, 7) is 3.31. The highest BCUT2D eigenvalue weighted by Crippen LogP contribution is 2.41. The van der Waals surface area contributed by atoms with Crippen LogP contribution < -0.4 is 21.9 Å². The van der Waals surface area contributed by atoms with E-state index in [1.54, 1.807) is 23.6 Å². The van der Waals surface area contributed by atoms with E-state index >= 15 is 0 Å². The molecular weight excluding hydrogens is 484 g/mol. The summed E-state index contributed by atoms with van der Waals surface area (Å²) in [5.41, 5.74) is 7.08. The largest absolute Gasteiger partial charge is 0.438 e. The molecule has 1 saturated carbocycles. The summed E-state index contributed by atoms with van der Waals surface area (Å²) in [4.78, 5) is 30.4. The number of nitrogens with zero attached hydrogens (tertiary/aromatic N) is 2. The van der Waals surface area contributed by atoms with Gasteiger partial charge in [-0.15, -0.1) is 0 Å². The Balaban J connectivity index is 1.45. The summed E-state index contributed by atoms with van der Waals surface area (Å²) in [6.07, 6.45) is 1.04. The van der Waals surface area contributed by atoms with Gasteiger partial charge in [0.25, 0.3) is 11.5 Å². The third-order valence-electron chi connectivity index (χ3n) is 6.93. The Labute approximate surface area is 209 Å². The monoisotopic (exact) mass is 509 g/mol. The molecule has 0 radical (unpaired) electrons. The predicted molar refractivity (Wildman–Crippen MR) is 133 cm³/mol. The fourth-order valence-corrected chi connectivity index (χ4v) is 4.93. The van der Waals surface area contributed by atoms with Crippen LogP contribution in [-0.2, 0) is 16.1 Å². The maximum absolute atomic E-state index is 14.8. The van der Waals surface area contributed by atoms with Crippen LogP contribution in [-0.4, -0.2) is 41.3 Å². The zero-order valence-corrected chi connectivity index (χ0v) is 20.1. The van der Waals surface area contributed by atoms with Gasteiger partial charge in [-0.2, -0.15) is 0 Å². The second-order valence-electron chi connectivity index (χ2n) is 9.46. The standard InChI is InChI=1S/C26H25F2N5O4/c1-12-14(16-8-18(28)19(29)9-17(16)27)4-5-15-23(12)33(13-2-3-13)26(35)22-24(15)37-21(32-22)11-31-25(34)20-10-30-6-7-36-20/h4-5,8-9,13,20,30H,2-3,6-7,10-11,29H2,1H3,(H,31,34)/t20-/m1/s1. The van der Waals surface area contributed by atoms with Crippen molar-refractivity contribution in [3.63, 3.8) is 0 Å². The molecule has 4 N–H and O–H groups in total. The number of anilines is 1. The van der Waals surface area contributed by atoms with Crippen molar-refractivity contribution in [3.05, 3.63) is 57.7 Å². The lowest BCUT2D eigenvalue weighted by Crippen LogP contribution is -2.47. The smallest absolute Gasteiger partial charge is 0.281 e. The zero-order valence-electron chi connectivity index (χ0n) is 20.1. The van der Waals surface area contributed by atoms with Crippen LogP contribution in [0.25, 0.3) is 33.1 Å². The average Bonchev–Trinajstić information content (AvgIpc) is 3.63. The lowest BCUT2D eigenvalue weighted by molar-refractivity contribution is -0.134. The first-order valence-corrected chi connectivity index (χ1v) is 12.2. The van der Waals surface area contributed by atoms with Crippen molar-refractivity contribution >= 4 is 33.6 Å². The molecule has 1 amide bonds. The van der Waals surface area contributed by atoms with Crippen molar-refractivity contribution in [2.45, 2.75) is 38.5 Å². The average molecular weight is 510 g/mol. The number of nitrogens with two attached hydrogens (primary N) is 1. The van der Waals surface area contributed by atoms with Gasteiger partial charge in [0.05, 0.1) is 24.4 Å². The van der Waals surface area contributed by atoms with Gasteiger partial charge in [0.1, 0.15) is 17.7 Å². The van der Waals surface area contributed by atoms with Crippen molar-refractivity contribution < 1.29 is 22.7 Å². The molecule has 2 fully saturated rings. The summed E-state index contributed by atoms with van der Waals surface area (Å²) in [5, 5.41) is 6.47. The molecular formula is C26H25F2N5O4. The Hall–Kier alpha value is -3.83.